The van der Waals surface area contributed by atoms with Gasteiger partial charge in [-0.25, -0.2) is 22.2 Å². The second kappa shape index (κ2) is 10.6. The number of amides is 1. The van der Waals surface area contributed by atoms with Crippen molar-refractivity contribution in [3.63, 3.8) is 0 Å². The first-order valence-corrected chi connectivity index (χ1v) is 14.6. The maximum absolute atomic E-state index is 13.4. The van der Waals surface area contributed by atoms with Crippen LogP contribution in [-0.2, 0) is 14.8 Å². The number of alkyl halides is 2. The molecule has 2 saturated heterocycles. The third-order valence-electron chi connectivity index (χ3n) is 7.52. The van der Waals surface area contributed by atoms with Gasteiger partial charge >= 0.3 is 0 Å². The van der Waals surface area contributed by atoms with E-state index in [4.69, 9.17) is 4.74 Å². The Kier molecular flexibility index (Phi) is 7.45. The molecule has 1 aromatic heterocycles. The van der Waals surface area contributed by atoms with Gasteiger partial charge in [0.25, 0.3) is 12.3 Å². The molecule has 2 aliphatic heterocycles. The molecule has 9 nitrogen and oxygen atoms in total. The van der Waals surface area contributed by atoms with Gasteiger partial charge in [0.05, 0.1) is 29.6 Å². The first-order valence-electron chi connectivity index (χ1n) is 12.9. The first kappa shape index (κ1) is 26.6. The normalized spacial score (nSPS) is 21.0. The van der Waals surface area contributed by atoms with Crippen LogP contribution >= 0.6 is 0 Å². The van der Waals surface area contributed by atoms with Crippen LogP contribution in [0.5, 0.6) is 0 Å². The second-order valence-electron chi connectivity index (χ2n) is 10.5. The zero-order valence-electron chi connectivity index (χ0n) is 21.3. The Morgan fingerprint density at radius 3 is 2.58 bits per heavy atom. The van der Waals surface area contributed by atoms with Crippen LogP contribution < -0.4 is 19.8 Å². The molecule has 0 bridgehead atoms. The van der Waals surface area contributed by atoms with Gasteiger partial charge in [0.1, 0.15) is 17.4 Å². The van der Waals surface area contributed by atoms with E-state index < -0.39 is 22.2 Å². The molecule has 1 aliphatic carbocycles. The van der Waals surface area contributed by atoms with Crippen molar-refractivity contribution < 1.29 is 26.7 Å². The fourth-order valence-corrected chi connectivity index (χ4v) is 6.11. The Labute approximate surface area is 221 Å². The maximum atomic E-state index is 13.4. The SMILES string of the molecule is C[C@@H]1CN(c2cccc(NC(=O)c3ccc(NS(=O)(=O)CC(F)F)cc3N3CCC4(CC3)CC4)n2)CCO1. The fraction of sp³-hybridized carbons (Fsp3) is 0.538. The van der Waals surface area contributed by atoms with Crippen molar-refractivity contribution in [3.05, 3.63) is 42.0 Å². The largest absolute Gasteiger partial charge is 0.375 e. The molecule has 2 N–H and O–H groups in total. The smallest absolute Gasteiger partial charge is 0.258 e. The molecular formula is C26H33F2N5O4S. The average molecular weight is 550 g/mol. The molecule has 1 amide bonds. The van der Waals surface area contributed by atoms with Crippen LogP contribution in [0.2, 0.25) is 0 Å². The Bertz CT molecular complexity index is 1280. The summed E-state index contributed by atoms with van der Waals surface area (Å²) in [4.78, 5) is 22.3. The number of morpholine rings is 1. The van der Waals surface area contributed by atoms with Gasteiger partial charge in [0.15, 0.2) is 0 Å². The molecule has 3 aliphatic rings. The number of hydrogen-bond donors (Lipinski definition) is 2. The van der Waals surface area contributed by atoms with Crippen LogP contribution in [0.15, 0.2) is 36.4 Å². The van der Waals surface area contributed by atoms with E-state index in [2.05, 4.69) is 24.8 Å². The number of nitrogens with one attached hydrogen (secondary N) is 2. The highest BCUT2D eigenvalue weighted by Crippen LogP contribution is 2.54. The van der Waals surface area contributed by atoms with E-state index in [9.17, 15) is 22.0 Å². The van der Waals surface area contributed by atoms with Crippen molar-refractivity contribution in [2.24, 2.45) is 5.41 Å². The third kappa shape index (κ3) is 6.35. The predicted octanol–water partition coefficient (Wildman–Crippen LogP) is 3.95. The van der Waals surface area contributed by atoms with E-state index >= 15 is 0 Å². The lowest BCUT2D eigenvalue weighted by Crippen LogP contribution is -2.41. The summed E-state index contributed by atoms with van der Waals surface area (Å²) in [6, 6.07) is 9.95. The zero-order chi connectivity index (χ0) is 26.9. The van der Waals surface area contributed by atoms with E-state index in [-0.39, 0.29) is 17.7 Å². The number of nitrogens with zero attached hydrogens (tertiary/aromatic N) is 3. The molecule has 2 aromatic rings. The average Bonchev–Trinajstić information content (AvgIpc) is 3.62. The van der Waals surface area contributed by atoms with Crippen LogP contribution in [0.25, 0.3) is 0 Å². The van der Waals surface area contributed by atoms with Crippen LogP contribution in [0.1, 0.15) is 43.0 Å². The number of sulfonamides is 1. The van der Waals surface area contributed by atoms with E-state index in [1.807, 2.05) is 19.1 Å². The summed E-state index contributed by atoms with van der Waals surface area (Å²) in [6.45, 7) is 5.48. The van der Waals surface area contributed by atoms with Crippen molar-refractivity contribution in [1.82, 2.24) is 4.98 Å². The van der Waals surface area contributed by atoms with E-state index in [1.54, 1.807) is 12.1 Å². The third-order valence-corrected chi connectivity index (χ3v) is 8.76. The topological polar surface area (TPSA) is 104 Å². The Balaban J connectivity index is 1.38. The van der Waals surface area contributed by atoms with Crippen LogP contribution in [0.3, 0.4) is 0 Å². The fourth-order valence-electron chi connectivity index (χ4n) is 5.21. The molecule has 38 heavy (non-hydrogen) atoms. The maximum Gasteiger partial charge on any atom is 0.258 e. The number of anilines is 4. The van der Waals surface area contributed by atoms with Crippen molar-refractivity contribution in [2.45, 2.75) is 45.1 Å². The number of ether oxygens (including phenoxy) is 1. The van der Waals surface area contributed by atoms with Gasteiger partial charge in [0.2, 0.25) is 10.0 Å². The predicted molar refractivity (Wildman–Crippen MR) is 143 cm³/mol. The van der Waals surface area contributed by atoms with E-state index in [1.165, 1.54) is 25.0 Å². The number of aromatic nitrogens is 1. The summed E-state index contributed by atoms with van der Waals surface area (Å²) in [5.41, 5.74) is 1.47. The molecule has 5 rings (SSSR count). The monoisotopic (exact) mass is 549 g/mol. The highest BCUT2D eigenvalue weighted by molar-refractivity contribution is 7.92. The number of carbonyl (C=O) groups excluding carboxylic acids is 1. The van der Waals surface area contributed by atoms with Gasteiger partial charge in [-0.3, -0.25) is 9.52 Å². The number of piperidine rings is 1. The quantitative estimate of drug-likeness (QED) is 0.514. The second-order valence-corrected chi connectivity index (χ2v) is 12.2. The lowest BCUT2D eigenvalue weighted by molar-refractivity contribution is 0.0529. The van der Waals surface area contributed by atoms with Crippen molar-refractivity contribution >= 4 is 38.9 Å². The minimum Gasteiger partial charge on any atom is -0.375 e. The summed E-state index contributed by atoms with van der Waals surface area (Å²) in [5.74, 6) is -0.530. The lowest BCUT2D eigenvalue weighted by Gasteiger charge is -2.35. The molecular weight excluding hydrogens is 516 g/mol. The lowest BCUT2D eigenvalue weighted by atomic mass is 9.93. The molecule has 1 spiro atoms. The molecule has 206 valence electrons. The van der Waals surface area contributed by atoms with E-state index in [0.29, 0.717) is 42.2 Å². The molecule has 0 unspecified atom stereocenters. The molecule has 3 fully saturated rings. The molecule has 1 saturated carbocycles. The van der Waals surface area contributed by atoms with Crippen molar-refractivity contribution in [1.29, 1.82) is 0 Å². The summed E-state index contributed by atoms with van der Waals surface area (Å²) in [6.07, 6.45) is 1.52. The van der Waals surface area contributed by atoms with Gasteiger partial charge in [-0.15, -0.1) is 0 Å². The van der Waals surface area contributed by atoms with Crippen LogP contribution in [-0.4, -0.2) is 70.4 Å². The van der Waals surface area contributed by atoms with Gasteiger partial charge in [-0.2, -0.15) is 0 Å². The molecule has 12 heteroatoms. The highest BCUT2D eigenvalue weighted by Gasteiger charge is 2.44. The van der Waals surface area contributed by atoms with E-state index in [0.717, 1.165) is 31.7 Å². The summed E-state index contributed by atoms with van der Waals surface area (Å²) >= 11 is 0. The van der Waals surface area contributed by atoms with Gasteiger partial charge in [0, 0.05) is 26.2 Å². The zero-order valence-corrected chi connectivity index (χ0v) is 22.1. The summed E-state index contributed by atoms with van der Waals surface area (Å²) in [5, 5.41) is 2.88. The number of benzene rings is 1. The summed E-state index contributed by atoms with van der Waals surface area (Å²) < 4.78 is 57.6. The first-order chi connectivity index (χ1) is 18.1. The highest BCUT2D eigenvalue weighted by atomic mass is 32.2. The van der Waals surface area contributed by atoms with Crippen molar-refractivity contribution in [2.75, 3.05) is 58.4 Å². The Morgan fingerprint density at radius 1 is 1.13 bits per heavy atom. The minimum atomic E-state index is -4.23. The Hall–Kier alpha value is -2.99. The minimum absolute atomic E-state index is 0.0855. The summed E-state index contributed by atoms with van der Waals surface area (Å²) in [7, 11) is -4.23. The molecule has 0 radical (unpaired) electrons. The number of carbonyl (C=O) groups is 1. The van der Waals surface area contributed by atoms with Gasteiger partial charge in [-0.05, 0) is 68.4 Å². The molecule has 1 aromatic carbocycles. The van der Waals surface area contributed by atoms with Crippen LogP contribution in [0, 0.1) is 5.41 Å². The van der Waals surface area contributed by atoms with Crippen molar-refractivity contribution in [3.8, 4) is 0 Å². The van der Waals surface area contributed by atoms with Crippen LogP contribution in [0.4, 0.5) is 31.8 Å². The molecule has 3 heterocycles. The van der Waals surface area contributed by atoms with Gasteiger partial charge < -0.3 is 19.9 Å². The molecule has 1 atom stereocenters. The Morgan fingerprint density at radius 2 is 1.89 bits per heavy atom. The number of hydrogen-bond acceptors (Lipinski definition) is 7. The number of pyridine rings is 1. The van der Waals surface area contributed by atoms with Gasteiger partial charge in [-0.1, -0.05) is 6.07 Å². The number of rotatable bonds is 8. The standard InChI is InChI=1S/C26H33F2N5O4S/c1-18-16-33(13-14-37-18)24-4-2-3-23(29-24)30-25(34)20-6-5-19(31-38(35,36)17-22(27)28)15-21(20)32-11-9-26(7-8-26)10-12-32/h2-6,15,18,22,31H,7-14,16-17H2,1H3,(H,29,30,34)/t18-/m1/s1. The number of halogens is 2.